The maximum Gasteiger partial charge on any atom is 0.267 e. The van der Waals surface area contributed by atoms with E-state index in [1.807, 2.05) is 30.3 Å². The summed E-state index contributed by atoms with van der Waals surface area (Å²) in [6.07, 6.45) is 2.14. The Bertz CT molecular complexity index is 846. The number of nitrogens with one attached hydrogen (secondary N) is 2. The van der Waals surface area contributed by atoms with Crippen LogP contribution in [-0.2, 0) is 11.2 Å². The average molecular weight is 439 g/mol. The highest BCUT2D eigenvalue weighted by atomic mass is 79.9. The molecular weight excluding hydrogens is 425 g/mol. The molecule has 128 valence electrons. The van der Waals surface area contributed by atoms with Crippen molar-refractivity contribution in [3.63, 3.8) is 0 Å². The molecule has 0 aliphatic heterocycles. The van der Waals surface area contributed by atoms with E-state index in [0.717, 1.165) is 16.5 Å². The number of nitriles is 1. The van der Waals surface area contributed by atoms with Crippen molar-refractivity contribution < 1.29 is 4.79 Å². The third-order valence-electron chi connectivity index (χ3n) is 3.28. The van der Waals surface area contributed by atoms with E-state index in [1.54, 1.807) is 12.1 Å². The quantitative estimate of drug-likeness (QED) is 0.381. The summed E-state index contributed by atoms with van der Waals surface area (Å²) >= 11 is 15.4. The number of carbonyl (C=O) groups excluding carboxylic acids is 1. The summed E-state index contributed by atoms with van der Waals surface area (Å²) in [5.41, 5.74) is 1.44. The van der Waals surface area contributed by atoms with Crippen molar-refractivity contribution in [1.82, 2.24) is 5.32 Å². The van der Waals surface area contributed by atoms with Gasteiger partial charge in [-0.1, -0.05) is 57.3 Å². The van der Waals surface area contributed by atoms with Crippen LogP contribution in [0.15, 0.2) is 58.7 Å². The first-order valence-corrected chi connectivity index (χ1v) is 8.89. The molecule has 0 aliphatic carbocycles. The molecule has 0 spiro atoms. The molecule has 0 saturated heterocycles. The van der Waals surface area contributed by atoms with Gasteiger partial charge in [-0.05, 0) is 36.2 Å². The molecule has 2 aromatic carbocycles. The first kappa shape index (κ1) is 19.3. The minimum absolute atomic E-state index is 0.0526. The van der Waals surface area contributed by atoms with Crippen LogP contribution in [0.25, 0.3) is 0 Å². The first-order chi connectivity index (χ1) is 12.0. The van der Waals surface area contributed by atoms with Crippen LogP contribution in [0.1, 0.15) is 5.56 Å². The Labute approximate surface area is 164 Å². The Morgan fingerprint density at radius 3 is 2.72 bits per heavy atom. The molecule has 2 rings (SSSR count). The molecule has 0 unspecified atom stereocenters. The number of halogens is 3. The smallest absolute Gasteiger partial charge is 0.267 e. The number of nitrogens with zero attached hydrogens (tertiary/aromatic N) is 1. The van der Waals surface area contributed by atoms with Crippen LogP contribution < -0.4 is 10.6 Å². The zero-order chi connectivity index (χ0) is 18.2. The van der Waals surface area contributed by atoms with Crippen molar-refractivity contribution >= 4 is 50.7 Å². The molecule has 0 aromatic heterocycles. The number of amides is 1. The fraction of sp³-hybridized carbons (Fsp3) is 0.111. The number of hydrogen-bond acceptors (Lipinski definition) is 3. The lowest BCUT2D eigenvalue weighted by molar-refractivity contribution is -0.112. The third kappa shape index (κ3) is 5.79. The lowest BCUT2D eigenvalue weighted by Crippen LogP contribution is -2.18. The van der Waals surface area contributed by atoms with Crippen LogP contribution in [-0.4, -0.2) is 12.5 Å². The van der Waals surface area contributed by atoms with Gasteiger partial charge in [-0.25, -0.2) is 0 Å². The lowest BCUT2D eigenvalue weighted by Gasteiger charge is -2.08. The molecular formula is C18H14BrCl2N3O. The van der Waals surface area contributed by atoms with E-state index in [1.165, 1.54) is 12.3 Å². The van der Waals surface area contributed by atoms with Crippen molar-refractivity contribution in [2.45, 2.75) is 6.42 Å². The molecule has 0 fully saturated rings. The summed E-state index contributed by atoms with van der Waals surface area (Å²) in [4.78, 5) is 12.2. The van der Waals surface area contributed by atoms with E-state index in [-0.39, 0.29) is 5.57 Å². The van der Waals surface area contributed by atoms with Gasteiger partial charge in [0.1, 0.15) is 11.6 Å². The summed E-state index contributed by atoms with van der Waals surface area (Å²) in [5.74, 6) is -0.556. The van der Waals surface area contributed by atoms with Gasteiger partial charge in [-0.2, -0.15) is 5.26 Å². The molecule has 0 bridgehead atoms. The fourth-order valence-corrected chi connectivity index (χ4v) is 2.83. The molecule has 7 heteroatoms. The molecule has 2 N–H and O–H groups in total. The van der Waals surface area contributed by atoms with Gasteiger partial charge in [0.15, 0.2) is 0 Å². The van der Waals surface area contributed by atoms with Gasteiger partial charge in [0, 0.05) is 22.2 Å². The van der Waals surface area contributed by atoms with Crippen molar-refractivity contribution in [2.75, 3.05) is 11.9 Å². The fourth-order valence-electron chi connectivity index (χ4n) is 2.01. The van der Waals surface area contributed by atoms with Crippen molar-refractivity contribution in [2.24, 2.45) is 0 Å². The highest BCUT2D eigenvalue weighted by Gasteiger charge is 2.11. The summed E-state index contributed by atoms with van der Waals surface area (Å²) < 4.78 is 1.02. The Balaban J connectivity index is 1.95. The van der Waals surface area contributed by atoms with Gasteiger partial charge in [0.05, 0.1) is 10.7 Å². The second-order valence-electron chi connectivity index (χ2n) is 5.04. The second-order valence-corrected chi connectivity index (χ2v) is 6.74. The molecule has 0 radical (unpaired) electrons. The summed E-state index contributed by atoms with van der Waals surface area (Å²) in [6.45, 7) is 0.582. The largest absolute Gasteiger partial charge is 0.389 e. The average Bonchev–Trinajstić information content (AvgIpc) is 2.59. The van der Waals surface area contributed by atoms with Crippen molar-refractivity contribution in [1.29, 1.82) is 5.26 Å². The Morgan fingerprint density at radius 2 is 2.00 bits per heavy atom. The normalized spacial score (nSPS) is 10.9. The number of hydrogen-bond donors (Lipinski definition) is 2. The van der Waals surface area contributed by atoms with E-state index < -0.39 is 5.91 Å². The van der Waals surface area contributed by atoms with Crippen LogP contribution in [0.4, 0.5) is 5.69 Å². The monoisotopic (exact) mass is 437 g/mol. The van der Waals surface area contributed by atoms with E-state index in [2.05, 4.69) is 26.6 Å². The third-order valence-corrected chi connectivity index (χ3v) is 4.62. The zero-order valence-electron chi connectivity index (χ0n) is 13.0. The predicted molar refractivity (Wildman–Crippen MR) is 105 cm³/mol. The first-order valence-electron chi connectivity index (χ1n) is 7.34. The molecule has 4 nitrogen and oxygen atoms in total. The van der Waals surface area contributed by atoms with Crippen LogP contribution >= 0.6 is 39.1 Å². The van der Waals surface area contributed by atoms with E-state index in [0.29, 0.717) is 22.3 Å². The predicted octanol–water partition coefficient (Wildman–Crippen LogP) is 4.93. The molecule has 1 amide bonds. The van der Waals surface area contributed by atoms with Gasteiger partial charge in [0.2, 0.25) is 0 Å². The standard InChI is InChI=1S/C18H14BrCl2N3O/c19-15-4-2-1-3-12(15)7-8-23-11-13(10-22)18(25)24-17-9-14(20)5-6-16(17)21/h1-6,9,11,23H,7-8H2,(H,24,25)/b13-11-. The molecule has 25 heavy (non-hydrogen) atoms. The van der Waals surface area contributed by atoms with Crippen LogP contribution in [0.2, 0.25) is 10.0 Å². The van der Waals surface area contributed by atoms with E-state index >= 15 is 0 Å². The highest BCUT2D eigenvalue weighted by Crippen LogP contribution is 2.25. The van der Waals surface area contributed by atoms with Gasteiger partial charge in [0.25, 0.3) is 5.91 Å². The zero-order valence-corrected chi connectivity index (χ0v) is 16.1. The van der Waals surface area contributed by atoms with Crippen LogP contribution in [0.5, 0.6) is 0 Å². The lowest BCUT2D eigenvalue weighted by atomic mass is 10.1. The van der Waals surface area contributed by atoms with Gasteiger partial charge in [-0.3, -0.25) is 4.79 Å². The number of anilines is 1. The van der Waals surface area contributed by atoms with Crippen molar-refractivity contribution in [3.8, 4) is 6.07 Å². The maximum atomic E-state index is 12.2. The summed E-state index contributed by atoms with van der Waals surface area (Å²) in [6, 6.07) is 14.5. The van der Waals surface area contributed by atoms with Crippen molar-refractivity contribution in [3.05, 3.63) is 74.3 Å². The highest BCUT2D eigenvalue weighted by molar-refractivity contribution is 9.10. The van der Waals surface area contributed by atoms with Gasteiger partial charge in [-0.15, -0.1) is 0 Å². The van der Waals surface area contributed by atoms with E-state index in [4.69, 9.17) is 23.2 Å². The number of benzene rings is 2. The SMILES string of the molecule is N#C/C(=C/NCCc1ccccc1Br)C(=O)Nc1cc(Cl)ccc1Cl. The Hall–Kier alpha value is -2.00. The van der Waals surface area contributed by atoms with E-state index in [9.17, 15) is 10.1 Å². The topological polar surface area (TPSA) is 64.9 Å². The molecule has 0 saturated carbocycles. The van der Waals surface area contributed by atoms with Gasteiger partial charge >= 0.3 is 0 Å². The second kappa shape index (κ2) is 9.47. The Kier molecular flexibility index (Phi) is 7.32. The molecule has 0 atom stereocenters. The summed E-state index contributed by atoms with van der Waals surface area (Å²) in [7, 11) is 0. The maximum absolute atomic E-state index is 12.2. The molecule has 0 aliphatic rings. The molecule has 2 aromatic rings. The number of carbonyl (C=O) groups is 1. The summed E-state index contributed by atoms with van der Waals surface area (Å²) in [5, 5.41) is 15.5. The van der Waals surface area contributed by atoms with Crippen LogP contribution in [0.3, 0.4) is 0 Å². The van der Waals surface area contributed by atoms with Gasteiger partial charge < -0.3 is 10.6 Å². The van der Waals surface area contributed by atoms with Crippen LogP contribution in [0, 0.1) is 11.3 Å². The minimum Gasteiger partial charge on any atom is -0.389 e. The number of rotatable bonds is 6. The Morgan fingerprint density at radius 1 is 1.24 bits per heavy atom. The minimum atomic E-state index is -0.556. The molecule has 0 heterocycles.